The van der Waals surface area contributed by atoms with Gasteiger partial charge in [0.05, 0.1) is 31.1 Å². The number of carboxylic acids is 2. The molecule has 2 aromatic heterocycles. The normalized spacial score (nSPS) is 14.1. The van der Waals surface area contributed by atoms with Crippen LogP contribution in [0.25, 0.3) is 0 Å². The Kier molecular flexibility index (Phi) is 10.9. The average Bonchev–Trinajstić information content (AvgIpc) is 2.82. The van der Waals surface area contributed by atoms with Crippen molar-refractivity contribution in [1.82, 2.24) is 20.6 Å². The molecule has 2 unspecified atom stereocenters. The Balaban J connectivity index is 2.76. The Hall–Kier alpha value is -3.21. The SMILES string of the molecule is Cc1ncc(CO)c(CC(CNCC(=O)O)(Cc2c(C(O)OP(=O)(O)O)cnc(C)c2O)NCC(=O)O)c1O. The topological polar surface area (TPSA) is 272 Å². The highest BCUT2D eigenvalue weighted by atomic mass is 31.2. The van der Waals surface area contributed by atoms with E-state index in [0.29, 0.717) is 0 Å². The van der Waals surface area contributed by atoms with Crippen molar-refractivity contribution in [1.29, 1.82) is 0 Å². The van der Waals surface area contributed by atoms with Crippen molar-refractivity contribution in [2.45, 2.75) is 45.1 Å². The Morgan fingerprint density at radius 3 is 2.08 bits per heavy atom. The first-order valence-corrected chi connectivity index (χ1v) is 12.9. The molecule has 2 heterocycles. The first-order valence-electron chi connectivity index (χ1n) is 11.3. The smallest absolute Gasteiger partial charge is 0.472 e. The second-order valence-corrected chi connectivity index (χ2v) is 10.00. The summed E-state index contributed by atoms with van der Waals surface area (Å²) in [5.74, 6) is -3.38. The van der Waals surface area contributed by atoms with Gasteiger partial charge in [-0.2, -0.15) is 0 Å². The molecule has 2 atom stereocenters. The summed E-state index contributed by atoms with van der Waals surface area (Å²) in [4.78, 5) is 49.0. The van der Waals surface area contributed by atoms with Gasteiger partial charge in [0.25, 0.3) is 0 Å². The zero-order chi connectivity index (χ0) is 29.5. The molecule has 39 heavy (non-hydrogen) atoms. The molecule has 0 saturated heterocycles. The van der Waals surface area contributed by atoms with Crippen molar-refractivity contribution in [3.63, 3.8) is 0 Å². The van der Waals surface area contributed by atoms with Crippen molar-refractivity contribution in [2.75, 3.05) is 19.6 Å². The third kappa shape index (κ3) is 8.91. The van der Waals surface area contributed by atoms with E-state index in [1.807, 2.05) is 0 Å². The fraction of sp³-hybridized carbons (Fsp3) is 0.455. The number of aromatic hydroxyl groups is 2. The number of hydrogen-bond donors (Lipinski definition) is 10. The molecule has 0 spiro atoms. The second kappa shape index (κ2) is 13.2. The minimum atomic E-state index is -5.22. The number of nitrogens with zero attached hydrogens (tertiary/aromatic N) is 2. The van der Waals surface area contributed by atoms with Gasteiger partial charge < -0.3 is 45.7 Å². The Morgan fingerprint density at radius 1 is 1.00 bits per heavy atom. The molecule has 0 bridgehead atoms. The lowest BCUT2D eigenvalue weighted by molar-refractivity contribution is -0.137. The van der Waals surface area contributed by atoms with E-state index in [2.05, 4.69) is 25.1 Å². The lowest BCUT2D eigenvalue weighted by Crippen LogP contribution is -2.58. The van der Waals surface area contributed by atoms with E-state index in [9.17, 15) is 39.7 Å². The van der Waals surface area contributed by atoms with Crippen LogP contribution in [0.1, 0.15) is 39.9 Å². The van der Waals surface area contributed by atoms with Crippen LogP contribution in [0.5, 0.6) is 11.5 Å². The standard InChI is InChI=1S/C22H31N4O12P/c1-11-19(32)14(13(9-27)5-24-11)3-22(26-8-18(30)31,10-23-7-17(28)29)4-15-16(6-25-12(2)20(15)33)21(34)38-39(35,36)37/h5-6,21,23,26-27,32-34H,3-4,7-10H2,1-2H3,(H,28,29)(H,30,31)(H2,35,36,37). The van der Waals surface area contributed by atoms with E-state index in [-0.39, 0.29) is 52.4 Å². The fourth-order valence-corrected chi connectivity index (χ4v) is 4.36. The number of carboxylic acid groups (broad SMARTS) is 2. The molecule has 0 radical (unpaired) electrons. The summed E-state index contributed by atoms with van der Waals surface area (Å²) in [5.41, 5.74) is -1.54. The van der Waals surface area contributed by atoms with Gasteiger partial charge in [0.1, 0.15) is 11.5 Å². The number of carbonyl (C=O) groups is 2. The van der Waals surface area contributed by atoms with Crippen LogP contribution in [0.4, 0.5) is 0 Å². The van der Waals surface area contributed by atoms with Crippen LogP contribution in [0.3, 0.4) is 0 Å². The summed E-state index contributed by atoms with van der Waals surface area (Å²) in [7, 11) is -5.22. The van der Waals surface area contributed by atoms with E-state index in [4.69, 9.17) is 14.9 Å². The number of hydrogen-bond acceptors (Lipinski definition) is 12. The Morgan fingerprint density at radius 2 is 1.54 bits per heavy atom. The first-order chi connectivity index (χ1) is 18.1. The third-order valence-corrected chi connectivity index (χ3v) is 6.34. The Bertz CT molecular complexity index is 1250. The highest BCUT2D eigenvalue weighted by molar-refractivity contribution is 7.46. The molecule has 2 rings (SSSR count). The van der Waals surface area contributed by atoms with Crippen molar-refractivity contribution >= 4 is 19.8 Å². The molecule has 0 aromatic carbocycles. The van der Waals surface area contributed by atoms with Gasteiger partial charge in [-0.25, -0.2) is 4.57 Å². The number of phosphoric acid groups is 1. The molecule has 0 fully saturated rings. The number of aliphatic hydroxyl groups excluding tert-OH is 2. The molecular weight excluding hydrogens is 543 g/mol. The van der Waals surface area contributed by atoms with E-state index < -0.39 is 63.5 Å². The van der Waals surface area contributed by atoms with Crippen molar-refractivity contribution in [3.05, 3.63) is 46.0 Å². The van der Waals surface area contributed by atoms with Gasteiger partial charge in [-0.15, -0.1) is 0 Å². The maximum absolute atomic E-state index is 11.5. The monoisotopic (exact) mass is 574 g/mol. The van der Waals surface area contributed by atoms with E-state index in [0.717, 1.165) is 6.20 Å². The van der Waals surface area contributed by atoms with Crippen LogP contribution in [0.2, 0.25) is 0 Å². The van der Waals surface area contributed by atoms with Crippen LogP contribution in [0.15, 0.2) is 12.4 Å². The predicted molar refractivity (Wildman–Crippen MR) is 132 cm³/mol. The average molecular weight is 574 g/mol. The van der Waals surface area contributed by atoms with E-state index in [1.54, 1.807) is 0 Å². The van der Waals surface area contributed by atoms with Gasteiger partial charge in [0.2, 0.25) is 0 Å². The largest absolute Gasteiger partial charge is 0.506 e. The summed E-state index contributed by atoms with van der Waals surface area (Å²) < 4.78 is 15.7. The number of nitrogens with one attached hydrogen (secondary N) is 2. The fourth-order valence-electron chi connectivity index (χ4n) is 3.99. The maximum Gasteiger partial charge on any atom is 0.472 e. The lowest BCUT2D eigenvalue weighted by Gasteiger charge is -2.37. The van der Waals surface area contributed by atoms with Gasteiger partial charge in [-0.05, 0) is 26.7 Å². The maximum atomic E-state index is 11.5. The molecule has 16 nitrogen and oxygen atoms in total. The lowest BCUT2D eigenvalue weighted by atomic mass is 9.81. The number of pyridine rings is 2. The van der Waals surface area contributed by atoms with Gasteiger partial charge in [0, 0.05) is 46.7 Å². The van der Waals surface area contributed by atoms with Gasteiger partial charge >= 0.3 is 19.8 Å². The van der Waals surface area contributed by atoms with Crippen LogP contribution >= 0.6 is 7.82 Å². The summed E-state index contributed by atoms with van der Waals surface area (Å²) in [5, 5.41) is 65.9. The number of rotatable bonds is 15. The highest BCUT2D eigenvalue weighted by Gasteiger charge is 2.37. The van der Waals surface area contributed by atoms with Gasteiger partial charge in [-0.1, -0.05) is 0 Å². The molecule has 17 heteroatoms. The molecule has 0 aliphatic heterocycles. The second-order valence-electron chi connectivity index (χ2n) is 8.81. The summed E-state index contributed by atoms with van der Waals surface area (Å²) in [6.45, 7) is 0.775. The number of aryl methyl sites for hydroxylation is 2. The van der Waals surface area contributed by atoms with Crippen molar-refractivity contribution in [3.8, 4) is 11.5 Å². The molecule has 2 aromatic rings. The van der Waals surface area contributed by atoms with E-state index >= 15 is 0 Å². The summed E-state index contributed by atoms with van der Waals surface area (Å²) in [6.07, 6.45) is -0.648. The molecule has 0 saturated carbocycles. The third-order valence-electron chi connectivity index (χ3n) is 5.86. The van der Waals surface area contributed by atoms with E-state index in [1.165, 1.54) is 20.0 Å². The highest BCUT2D eigenvalue weighted by Crippen LogP contribution is 2.43. The van der Waals surface area contributed by atoms with Gasteiger partial charge in [0.15, 0.2) is 6.29 Å². The number of aliphatic hydroxyl groups is 2. The van der Waals surface area contributed by atoms with Crippen LogP contribution in [0, 0.1) is 13.8 Å². The summed E-state index contributed by atoms with van der Waals surface area (Å²) >= 11 is 0. The van der Waals surface area contributed by atoms with Crippen molar-refractivity contribution < 1.29 is 59.1 Å². The molecule has 0 amide bonds. The van der Waals surface area contributed by atoms with Crippen molar-refractivity contribution in [2.24, 2.45) is 0 Å². The number of aliphatic carboxylic acids is 2. The summed E-state index contributed by atoms with van der Waals surface area (Å²) in [6, 6.07) is 0. The van der Waals surface area contributed by atoms with Crippen LogP contribution in [-0.2, 0) is 38.1 Å². The molecule has 0 aliphatic carbocycles. The van der Waals surface area contributed by atoms with Crippen LogP contribution < -0.4 is 10.6 Å². The zero-order valence-electron chi connectivity index (χ0n) is 21.0. The first kappa shape index (κ1) is 32.0. The van der Waals surface area contributed by atoms with Gasteiger partial charge in [-0.3, -0.25) is 29.4 Å². The quantitative estimate of drug-likeness (QED) is 0.0899. The Labute approximate surface area is 222 Å². The minimum Gasteiger partial charge on any atom is -0.506 e. The predicted octanol–water partition coefficient (Wildman–Crippen LogP) is -1.03. The van der Waals surface area contributed by atoms with Crippen LogP contribution in [-0.4, -0.2) is 87.5 Å². The molecular formula is C22H31N4O12P. The minimum absolute atomic E-state index is 0.0430. The molecule has 0 aliphatic rings. The molecule has 10 N–H and O–H groups in total. The zero-order valence-corrected chi connectivity index (χ0v) is 21.9. The molecule has 216 valence electrons. The number of phosphoric ester groups is 1. The number of aromatic nitrogens is 2.